The van der Waals surface area contributed by atoms with Gasteiger partial charge in [-0.05, 0) is 48.3 Å². The number of halogens is 1. The van der Waals surface area contributed by atoms with Gasteiger partial charge in [-0.25, -0.2) is 0 Å². The minimum atomic E-state index is 0.544. The predicted molar refractivity (Wildman–Crippen MR) is 62.2 cm³/mol. The monoisotopic (exact) mass is 208 g/mol. The molecule has 0 saturated carbocycles. The topological polar surface area (TPSA) is 0 Å². The number of rotatable bonds is 3. The average molecular weight is 209 g/mol. The average Bonchev–Trinajstić information content (AvgIpc) is 2.66. The Hall–Kier alpha value is -0.490. The second kappa shape index (κ2) is 4.35. The van der Waals surface area contributed by atoms with Crippen LogP contribution < -0.4 is 0 Å². The van der Waals surface area contributed by atoms with Gasteiger partial charge in [0, 0.05) is 5.88 Å². The molecule has 0 nitrogen and oxygen atoms in total. The second-order valence-corrected chi connectivity index (χ2v) is 4.45. The third-order valence-electron chi connectivity index (χ3n) is 3.27. The first-order valence-corrected chi connectivity index (χ1v) is 6.06. The summed E-state index contributed by atoms with van der Waals surface area (Å²) in [5.41, 5.74) is 4.55. The molecule has 14 heavy (non-hydrogen) atoms. The Balaban J connectivity index is 2.27. The van der Waals surface area contributed by atoms with Crippen molar-refractivity contribution >= 4 is 11.6 Å². The van der Waals surface area contributed by atoms with E-state index in [-0.39, 0.29) is 0 Å². The molecule has 76 valence electrons. The molecule has 1 aliphatic carbocycles. The number of aryl methyl sites for hydroxylation is 2. The van der Waals surface area contributed by atoms with E-state index in [1.54, 1.807) is 11.1 Å². The molecule has 1 aromatic carbocycles. The van der Waals surface area contributed by atoms with E-state index in [9.17, 15) is 0 Å². The highest BCUT2D eigenvalue weighted by Crippen LogP contribution is 2.28. The fraction of sp³-hybridized carbons (Fsp3) is 0.538. The molecular formula is C13H17Cl. The highest BCUT2D eigenvalue weighted by Gasteiger charge is 2.14. The lowest BCUT2D eigenvalue weighted by Crippen LogP contribution is -1.99. The normalized spacial score (nSPS) is 16.7. The van der Waals surface area contributed by atoms with Gasteiger partial charge in [0.25, 0.3) is 0 Å². The third-order valence-corrected chi connectivity index (χ3v) is 3.65. The summed E-state index contributed by atoms with van der Waals surface area (Å²) in [5, 5.41) is 0. The minimum Gasteiger partial charge on any atom is -0.126 e. The van der Waals surface area contributed by atoms with Crippen molar-refractivity contribution in [2.24, 2.45) is 0 Å². The molecule has 1 heteroatoms. The van der Waals surface area contributed by atoms with Gasteiger partial charge in [-0.1, -0.05) is 25.1 Å². The van der Waals surface area contributed by atoms with E-state index in [4.69, 9.17) is 11.6 Å². The first kappa shape index (κ1) is 10.0. The summed E-state index contributed by atoms with van der Waals surface area (Å²) in [4.78, 5) is 0. The van der Waals surface area contributed by atoms with Gasteiger partial charge in [0.1, 0.15) is 0 Å². The Morgan fingerprint density at radius 1 is 1.29 bits per heavy atom. The van der Waals surface area contributed by atoms with Gasteiger partial charge in [0.15, 0.2) is 0 Å². The van der Waals surface area contributed by atoms with Crippen LogP contribution in [-0.4, -0.2) is 5.88 Å². The summed E-state index contributed by atoms with van der Waals surface area (Å²) in [6, 6.07) is 6.94. The first-order chi connectivity index (χ1) is 6.85. The fourth-order valence-electron chi connectivity index (χ4n) is 2.28. The summed E-state index contributed by atoms with van der Waals surface area (Å²) in [6.07, 6.45) is 5.01. The van der Waals surface area contributed by atoms with Crippen molar-refractivity contribution in [3.05, 3.63) is 34.9 Å². The Morgan fingerprint density at radius 3 is 2.79 bits per heavy atom. The van der Waals surface area contributed by atoms with E-state index in [2.05, 4.69) is 25.1 Å². The number of fused-ring (bicyclic) bond motifs is 1. The Morgan fingerprint density at radius 2 is 2.07 bits per heavy atom. The molecule has 1 atom stereocenters. The van der Waals surface area contributed by atoms with Crippen LogP contribution in [0.1, 0.15) is 42.4 Å². The quantitative estimate of drug-likeness (QED) is 0.661. The summed E-state index contributed by atoms with van der Waals surface area (Å²) in [5.74, 6) is 1.29. The van der Waals surface area contributed by atoms with Crippen molar-refractivity contribution in [2.45, 2.75) is 38.5 Å². The molecule has 0 saturated heterocycles. The number of alkyl halides is 1. The Bertz CT molecular complexity index is 313. The van der Waals surface area contributed by atoms with Gasteiger partial charge in [-0.3, -0.25) is 0 Å². The third kappa shape index (κ3) is 1.81. The minimum absolute atomic E-state index is 0.544. The smallest absolute Gasteiger partial charge is 0.0292 e. The molecule has 0 amide bonds. The molecule has 0 spiro atoms. The van der Waals surface area contributed by atoms with Crippen molar-refractivity contribution in [3.63, 3.8) is 0 Å². The van der Waals surface area contributed by atoms with Crippen LogP contribution in [-0.2, 0) is 12.8 Å². The molecule has 0 aromatic heterocycles. The molecule has 0 fully saturated rings. The van der Waals surface area contributed by atoms with Crippen LogP contribution in [0.5, 0.6) is 0 Å². The van der Waals surface area contributed by atoms with Gasteiger partial charge >= 0.3 is 0 Å². The van der Waals surface area contributed by atoms with E-state index in [0.717, 1.165) is 12.3 Å². The lowest BCUT2D eigenvalue weighted by atomic mass is 9.95. The SMILES string of the molecule is CCC(CCl)c1ccc2c(c1)CCC2. The zero-order chi connectivity index (χ0) is 9.97. The highest BCUT2D eigenvalue weighted by atomic mass is 35.5. The predicted octanol–water partition coefficient (Wildman–Crippen LogP) is 3.91. The highest BCUT2D eigenvalue weighted by molar-refractivity contribution is 6.18. The van der Waals surface area contributed by atoms with Crippen molar-refractivity contribution in [3.8, 4) is 0 Å². The van der Waals surface area contributed by atoms with E-state index in [1.165, 1.54) is 24.8 Å². The number of benzene rings is 1. The fourth-order valence-corrected chi connectivity index (χ4v) is 2.68. The zero-order valence-electron chi connectivity index (χ0n) is 8.72. The van der Waals surface area contributed by atoms with Crippen LogP contribution >= 0.6 is 11.6 Å². The van der Waals surface area contributed by atoms with E-state index < -0.39 is 0 Å². The maximum absolute atomic E-state index is 5.95. The molecule has 1 aromatic rings. The van der Waals surface area contributed by atoms with Crippen LogP contribution in [0.3, 0.4) is 0 Å². The molecule has 0 radical (unpaired) electrons. The van der Waals surface area contributed by atoms with Crippen LogP contribution in [0.2, 0.25) is 0 Å². The van der Waals surface area contributed by atoms with Gasteiger partial charge < -0.3 is 0 Å². The molecule has 1 unspecified atom stereocenters. The molecular weight excluding hydrogens is 192 g/mol. The van der Waals surface area contributed by atoms with Crippen LogP contribution in [0, 0.1) is 0 Å². The largest absolute Gasteiger partial charge is 0.126 e. The van der Waals surface area contributed by atoms with E-state index in [0.29, 0.717) is 5.92 Å². The van der Waals surface area contributed by atoms with Gasteiger partial charge in [-0.2, -0.15) is 0 Å². The van der Waals surface area contributed by atoms with Crippen molar-refractivity contribution in [1.29, 1.82) is 0 Å². The van der Waals surface area contributed by atoms with Crippen molar-refractivity contribution in [1.82, 2.24) is 0 Å². The van der Waals surface area contributed by atoms with Crippen LogP contribution in [0.4, 0.5) is 0 Å². The lowest BCUT2D eigenvalue weighted by molar-refractivity contribution is 0.739. The summed E-state index contributed by atoms with van der Waals surface area (Å²) in [7, 11) is 0. The Kier molecular flexibility index (Phi) is 3.12. The van der Waals surface area contributed by atoms with E-state index in [1.807, 2.05) is 0 Å². The number of hydrogen-bond acceptors (Lipinski definition) is 0. The molecule has 0 heterocycles. The summed E-state index contributed by atoms with van der Waals surface area (Å²) < 4.78 is 0. The lowest BCUT2D eigenvalue weighted by Gasteiger charge is -2.13. The van der Waals surface area contributed by atoms with E-state index >= 15 is 0 Å². The van der Waals surface area contributed by atoms with Crippen LogP contribution in [0.15, 0.2) is 18.2 Å². The molecule has 1 aliphatic rings. The maximum atomic E-state index is 5.95. The van der Waals surface area contributed by atoms with Gasteiger partial charge in [0.2, 0.25) is 0 Å². The van der Waals surface area contributed by atoms with Crippen LogP contribution in [0.25, 0.3) is 0 Å². The van der Waals surface area contributed by atoms with Crippen molar-refractivity contribution in [2.75, 3.05) is 5.88 Å². The second-order valence-electron chi connectivity index (χ2n) is 4.14. The van der Waals surface area contributed by atoms with Crippen molar-refractivity contribution < 1.29 is 0 Å². The molecule has 0 N–H and O–H groups in total. The first-order valence-electron chi connectivity index (χ1n) is 5.52. The molecule has 2 rings (SSSR count). The van der Waals surface area contributed by atoms with Gasteiger partial charge in [0.05, 0.1) is 0 Å². The van der Waals surface area contributed by atoms with Gasteiger partial charge in [-0.15, -0.1) is 11.6 Å². The molecule has 0 aliphatic heterocycles. The molecule has 0 bridgehead atoms. The maximum Gasteiger partial charge on any atom is 0.0292 e. The standard InChI is InChI=1S/C13H17Cl/c1-2-10(9-14)13-7-6-11-4-3-5-12(11)8-13/h6-8,10H,2-5,9H2,1H3. The summed E-state index contributed by atoms with van der Waals surface area (Å²) in [6.45, 7) is 2.21. The zero-order valence-corrected chi connectivity index (χ0v) is 9.48. The Labute approximate surface area is 91.3 Å². The summed E-state index contributed by atoms with van der Waals surface area (Å²) >= 11 is 5.95. The number of hydrogen-bond donors (Lipinski definition) is 0.